The van der Waals surface area contributed by atoms with Crippen LogP contribution < -0.4 is 9.64 Å². The third-order valence-electron chi connectivity index (χ3n) is 4.96. The molecular formula is C24H24BrN3O4. The van der Waals surface area contributed by atoms with Crippen molar-refractivity contribution in [3.8, 4) is 11.8 Å². The van der Waals surface area contributed by atoms with Crippen molar-refractivity contribution in [2.45, 2.75) is 6.92 Å². The molecule has 1 amide bonds. The summed E-state index contributed by atoms with van der Waals surface area (Å²) in [6, 6.07) is 17.2. The number of hydrogen-bond acceptors (Lipinski definition) is 6. The van der Waals surface area contributed by atoms with Gasteiger partial charge in [-0.3, -0.25) is 4.79 Å². The number of nitriles is 1. The van der Waals surface area contributed by atoms with Crippen LogP contribution in [0.2, 0.25) is 0 Å². The van der Waals surface area contributed by atoms with Crippen molar-refractivity contribution in [1.29, 1.82) is 5.26 Å². The first-order chi connectivity index (χ1) is 15.5. The van der Waals surface area contributed by atoms with Gasteiger partial charge in [0.1, 0.15) is 17.4 Å². The molecule has 0 N–H and O–H groups in total. The number of esters is 1. The normalized spacial score (nSPS) is 14.0. The lowest BCUT2D eigenvalue weighted by atomic mass is 10.1. The SMILES string of the molecule is CCOC(=O)COc1ccc(/C=C(/C#N)C(=O)N2CCN(c3ccccc3)CC2)cc1Br. The maximum Gasteiger partial charge on any atom is 0.344 e. The fraction of sp³-hybridized carbons (Fsp3) is 0.292. The Morgan fingerprint density at radius 2 is 1.84 bits per heavy atom. The second-order valence-corrected chi connectivity index (χ2v) is 7.92. The molecule has 3 rings (SSSR count). The number of para-hydroxylation sites is 1. The van der Waals surface area contributed by atoms with Crippen LogP contribution in [-0.4, -0.2) is 56.2 Å². The van der Waals surface area contributed by atoms with Crippen LogP contribution in [0, 0.1) is 11.3 Å². The Balaban J connectivity index is 1.63. The smallest absolute Gasteiger partial charge is 0.344 e. The third kappa shape index (κ3) is 6.11. The monoisotopic (exact) mass is 497 g/mol. The van der Waals surface area contributed by atoms with Gasteiger partial charge < -0.3 is 19.3 Å². The van der Waals surface area contributed by atoms with Gasteiger partial charge in [-0.25, -0.2) is 4.79 Å². The topological polar surface area (TPSA) is 82.9 Å². The molecule has 0 unspecified atom stereocenters. The largest absolute Gasteiger partial charge is 0.481 e. The molecule has 0 radical (unpaired) electrons. The Morgan fingerprint density at radius 1 is 1.12 bits per heavy atom. The molecule has 8 heteroatoms. The molecule has 0 spiro atoms. The van der Waals surface area contributed by atoms with Gasteiger partial charge in [-0.1, -0.05) is 24.3 Å². The zero-order valence-corrected chi connectivity index (χ0v) is 19.4. The number of anilines is 1. The van der Waals surface area contributed by atoms with Gasteiger partial charge in [0, 0.05) is 31.9 Å². The van der Waals surface area contributed by atoms with E-state index in [0.29, 0.717) is 48.6 Å². The average Bonchev–Trinajstić information content (AvgIpc) is 2.82. The van der Waals surface area contributed by atoms with E-state index >= 15 is 0 Å². The molecule has 1 aliphatic heterocycles. The Kier molecular flexibility index (Phi) is 8.28. The van der Waals surface area contributed by atoms with Gasteiger partial charge in [0.2, 0.25) is 0 Å². The maximum absolute atomic E-state index is 12.9. The highest BCUT2D eigenvalue weighted by Gasteiger charge is 2.24. The summed E-state index contributed by atoms with van der Waals surface area (Å²) in [6.45, 7) is 4.36. The lowest BCUT2D eigenvalue weighted by molar-refractivity contribution is -0.145. The third-order valence-corrected chi connectivity index (χ3v) is 5.58. The summed E-state index contributed by atoms with van der Waals surface area (Å²) >= 11 is 3.40. The van der Waals surface area contributed by atoms with Gasteiger partial charge in [0.25, 0.3) is 5.91 Å². The molecule has 2 aromatic rings. The van der Waals surface area contributed by atoms with Crippen molar-refractivity contribution >= 4 is 39.6 Å². The van der Waals surface area contributed by atoms with E-state index in [9.17, 15) is 14.9 Å². The van der Waals surface area contributed by atoms with E-state index in [0.717, 1.165) is 5.69 Å². The molecule has 32 heavy (non-hydrogen) atoms. The molecule has 1 saturated heterocycles. The quantitative estimate of drug-likeness (QED) is 0.329. The van der Waals surface area contributed by atoms with Crippen molar-refractivity contribution in [2.24, 2.45) is 0 Å². The second kappa shape index (κ2) is 11.3. The summed E-state index contributed by atoms with van der Waals surface area (Å²) in [5.41, 5.74) is 1.88. The van der Waals surface area contributed by atoms with Gasteiger partial charge in [-0.2, -0.15) is 5.26 Å². The Morgan fingerprint density at radius 3 is 2.47 bits per heavy atom. The molecule has 2 aromatic carbocycles. The summed E-state index contributed by atoms with van der Waals surface area (Å²) in [5.74, 6) is -0.260. The molecule has 0 saturated carbocycles. The van der Waals surface area contributed by atoms with Crippen molar-refractivity contribution < 1.29 is 19.1 Å². The standard InChI is InChI=1S/C24H24BrN3O4/c1-2-31-23(29)17-32-22-9-8-18(15-21(22)25)14-19(16-26)24(30)28-12-10-27(11-13-28)20-6-4-3-5-7-20/h3-9,14-15H,2,10-13,17H2,1H3/b19-14-. The molecule has 0 aliphatic carbocycles. The molecule has 166 valence electrons. The van der Waals surface area contributed by atoms with E-state index < -0.39 is 5.97 Å². The van der Waals surface area contributed by atoms with E-state index in [1.54, 1.807) is 36.1 Å². The van der Waals surface area contributed by atoms with Crippen LogP contribution in [0.1, 0.15) is 12.5 Å². The highest BCUT2D eigenvalue weighted by Crippen LogP contribution is 2.27. The Bertz CT molecular complexity index is 1030. The highest BCUT2D eigenvalue weighted by atomic mass is 79.9. The number of hydrogen-bond donors (Lipinski definition) is 0. The average molecular weight is 498 g/mol. The summed E-state index contributed by atoms with van der Waals surface area (Å²) in [6.07, 6.45) is 1.56. The Hall–Kier alpha value is -3.31. The van der Waals surface area contributed by atoms with Crippen molar-refractivity contribution in [2.75, 3.05) is 44.3 Å². The molecule has 7 nitrogen and oxygen atoms in total. The van der Waals surface area contributed by atoms with Gasteiger partial charge >= 0.3 is 5.97 Å². The van der Waals surface area contributed by atoms with Gasteiger partial charge in [0.05, 0.1) is 11.1 Å². The van der Waals surface area contributed by atoms with Crippen LogP contribution in [0.4, 0.5) is 5.69 Å². The fourth-order valence-electron chi connectivity index (χ4n) is 3.35. The number of nitrogens with zero attached hydrogens (tertiary/aromatic N) is 3. The first-order valence-corrected chi connectivity index (χ1v) is 11.1. The highest BCUT2D eigenvalue weighted by molar-refractivity contribution is 9.10. The molecule has 1 heterocycles. The lowest BCUT2D eigenvalue weighted by Crippen LogP contribution is -2.49. The number of piperazine rings is 1. The van der Waals surface area contributed by atoms with Gasteiger partial charge in [0.15, 0.2) is 6.61 Å². The lowest BCUT2D eigenvalue weighted by Gasteiger charge is -2.36. The van der Waals surface area contributed by atoms with E-state index in [-0.39, 0.29) is 18.1 Å². The fourth-order valence-corrected chi connectivity index (χ4v) is 3.86. The Labute approximate surface area is 196 Å². The van der Waals surface area contributed by atoms with Crippen molar-refractivity contribution in [3.05, 3.63) is 64.1 Å². The number of carbonyl (C=O) groups is 2. The zero-order chi connectivity index (χ0) is 22.9. The van der Waals surface area contributed by atoms with Crippen molar-refractivity contribution in [1.82, 2.24) is 4.90 Å². The number of rotatable bonds is 7. The summed E-state index contributed by atoms with van der Waals surface area (Å²) in [7, 11) is 0. The van der Waals surface area contributed by atoms with Gasteiger partial charge in [-0.05, 0) is 58.8 Å². The van der Waals surface area contributed by atoms with Crippen LogP contribution in [0.5, 0.6) is 5.75 Å². The van der Waals surface area contributed by atoms with Crippen LogP contribution in [0.3, 0.4) is 0 Å². The predicted octanol–water partition coefficient (Wildman–Crippen LogP) is 3.65. The minimum absolute atomic E-state index is 0.0743. The molecule has 0 atom stereocenters. The van der Waals surface area contributed by atoms with E-state index in [2.05, 4.69) is 33.0 Å². The number of benzene rings is 2. The molecule has 1 aliphatic rings. The van der Waals surface area contributed by atoms with E-state index in [1.165, 1.54) is 0 Å². The molecule has 0 aromatic heterocycles. The molecule has 0 bridgehead atoms. The van der Waals surface area contributed by atoms with Gasteiger partial charge in [-0.15, -0.1) is 0 Å². The zero-order valence-electron chi connectivity index (χ0n) is 17.8. The minimum Gasteiger partial charge on any atom is -0.481 e. The van der Waals surface area contributed by atoms with E-state index in [4.69, 9.17) is 9.47 Å². The second-order valence-electron chi connectivity index (χ2n) is 7.07. The molecule has 1 fully saturated rings. The van der Waals surface area contributed by atoms with Crippen LogP contribution in [-0.2, 0) is 14.3 Å². The predicted molar refractivity (Wildman–Crippen MR) is 125 cm³/mol. The summed E-state index contributed by atoms with van der Waals surface area (Å²) < 4.78 is 10.9. The maximum atomic E-state index is 12.9. The number of amides is 1. The van der Waals surface area contributed by atoms with Crippen LogP contribution in [0.15, 0.2) is 58.6 Å². The van der Waals surface area contributed by atoms with Crippen LogP contribution in [0.25, 0.3) is 6.08 Å². The first kappa shape index (κ1) is 23.4. The first-order valence-electron chi connectivity index (χ1n) is 10.3. The molecular weight excluding hydrogens is 474 g/mol. The van der Waals surface area contributed by atoms with E-state index in [1.807, 2.05) is 24.3 Å². The van der Waals surface area contributed by atoms with Crippen molar-refractivity contribution in [3.63, 3.8) is 0 Å². The summed E-state index contributed by atoms with van der Waals surface area (Å²) in [4.78, 5) is 28.3. The number of halogens is 1. The minimum atomic E-state index is -0.451. The summed E-state index contributed by atoms with van der Waals surface area (Å²) in [5, 5.41) is 9.57. The van der Waals surface area contributed by atoms with Crippen LogP contribution >= 0.6 is 15.9 Å². The number of ether oxygens (including phenoxy) is 2. The number of carbonyl (C=O) groups excluding carboxylic acids is 2.